The van der Waals surface area contributed by atoms with Crippen molar-refractivity contribution in [3.63, 3.8) is 0 Å². The van der Waals surface area contributed by atoms with Crippen LogP contribution in [0.15, 0.2) is 65.7 Å². The number of carbonyl (C=O) groups excluding carboxylic acids is 2. The maximum absolute atomic E-state index is 13.4. The molecule has 1 N–H and O–H groups in total. The highest BCUT2D eigenvalue weighted by Crippen LogP contribution is 2.32. The van der Waals surface area contributed by atoms with Crippen LogP contribution in [0.3, 0.4) is 0 Å². The van der Waals surface area contributed by atoms with Gasteiger partial charge in [0.05, 0.1) is 19.9 Å². The van der Waals surface area contributed by atoms with E-state index in [1.165, 1.54) is 11.8 Å². The number of rotatable bonds is 8. The summed E-state index contributed by atoms with van der Waals surface area (Å²) in [4.78, 5) is 33.0. The zero-order valence-electron chi connectivity index (χ0n) is 21.8. The van der Waals surface area contributed by atoms with Crippen LogP contribution in [0.25, 0.3) is 0 Å². The maximum Gasteiger partial charge on any atom is 0.238 e. The number of halogens is 1. The number of nitrogens with one attached hydrogen (secondary N) is 1. The number of benzene rings is 3. The van der Waals surface area contributed by atoms with Crippen molar-refractivity contribution < 1.29 is 19.1 Å². The number of amides is 2. The Kier molecular flexibility index (Phi) is 8.97. The molecule has 0 radical (unpaired) electrons. The molecule has 9 heteroatoms. The largest absolute Gasteiger partial charge is 0.493 e. The van der Waals surface area contributed by atoms with Crippen LogP contribution in [-0.4, -0.2) is 47.9 Å². The molecule has 1 saturated heterocycles. The van der Waals surface area contributed by atoms with Gasteiger partial charge in [0.15, 0.2) is 16.7 Å². The lowest BCUT2D eigenvalue weighted by Gasteiger charge is -2.32. The fourth-order valence-electron chi connectivity index (χ4n) is 4.16. The molecular formula is C29H30ClN3O4S. The summed E-state index contributed by atoms with van der Waals surface area (Å²) in [5, 5.41) is 3.38. The first-order valence-corrected chi connectivity index (χ1v) is 13.4. The van der Waals surface area contributed by atoms with Crippen LogP contribution in [0.4, 0.5) is 11.4 Å². The van der Waals surface area contributed by atoms with E-state index in [4.69, 9.17) is 26.1 Å². The second-order valence-electron chi connectivity index (χ2n) is 8.98. The SMILES string of the molecule is COc1ccc(CCN2C(=O)CC(C(=O)Nc3ccc(C)cc3C)SC2=Nc2cccc(Cl)c2)cc1OC. The molecule has 3 aromatic rings. The first-order chi connectivity index (χ1) is 18.3. The quantitative estimate of drug-likeness (QED) is 0.362. The number of aliphatic imine (C=N–C) groups is 1. The molecule has 38 heavy (non-hydrogen) atoms. The van der Waals surface area contributed by atoms with E-state index in [2.05, 4.69) is 5.32 Å². The summed E-state index contributed by atoms with van der Waals surface area (Å²) >= 11 is 7.46. The lowest BCUT2D eigenvalue weighted by molar-refractivity contribution is -0.129. The summed E-state index contributed by atoms with van der Waals surface area (Å²) in [6.07, 6.45) is 0.641. The standard InChI is InChI=1S/C29H30ClN3O4S/c1-18-8-10-23(19(2)14-18)32-28(35)26-17-27(34)33(29(38-26)31-22-7-5-6-21(30)16-22)13-12-20-9-11-24(36-3)25(15-20)37-4/h5-11,14-16,26H,12-13,17H2,1-4H3,(H,32,35). The molecule has 7 nitrogen and oxygen atoms in total. The Hall–Kier alpha value is -3.49. The number of carbonyl (C=O) groups is 2. The molecule has 0 aliphatic carbocycles. The number of amidine groups is 1. The molecule has 0 saturated carbocycles. The van der Waals surface area contributed by atoms with Crippen molar-refractivity contribution >= 4 is 51.7 Å². The van der Waals surface area contributed by atoms with Crippen LogP contribution in [0, 0.1) is 13.8 Å². The molecule has 1 atom stereocenters. The van der Waals surface area contributed by atoms with Gasteiger partial charge in [-0.25, -0.2) is 4.99 Å². The minimum atomic E-state index is -0.613. The van der Waals surface area contributed by atoms with Gasteiger partial charge in [-0.2, -0.15) is 0 Å². The van der Waals surface area contributed by atoms with Gasteiger partial charge in [0.1, 0.15) is 5.25 Å². The number of anilines is 1. The number of nitrogens with zero attached hydrogens (tertiary/aromatic N) is 2. The molecule has 3 aromatic carbocycles. The first-order valence-electron chi connectivity index (χ1n) is 12.2. The number of hydrogen-bond acceptors (Lipinski definition) is 6. The Morgan fingerprint density at radius 3 is 2.58 bits per heavy atom. The average Bonchev–Trinajstić information content (AvgIpc) is 2.89. The van der Waals surface area contributed by atoms with Gasteiger partial charge in [-0.3, -0.25) is 14.5 Å². The monoisotopic (exact) mass is 551 g/mol. The molecule has 198 valence electrons. The van der Waals surface area contributed by atoms with Gasteiger partial charge in [0, 0.05) is 23.7 Å². The van der Waals surface area contributed by atoms with E-state index in [-0.39, 0.29) is 18.2 Å². The zero-order valence-corrected chi connectivity index (χ0v) is 23.4. The van der Waals surface area contributed by atoms with Gasteiger partial charge < -0.3 is 14.8 Å². The van der Waals surface area contributed by atoms with Crippen molar-refractivity contribution in [3.05, 3.63) is 82.4 Å². The van der Waals surface area contributed by atoms with Crippen molar-refractivity contribution in [2.45, 2.75) is 31.9 Å². The van der Waals surface area contributed by atoms with Crippen LogP contribution in [0.5, 0.6) is 11.5 Å². The molecule has 0 bridgehead atoms. The van der Waals surface area contributed by atoms with E-state index in [9.17, 15) is 9.59 Å². The molecule has 2 amide bonds. The summed E-state index contributed by atoms with van der Waals surface area (Å²) in [6.45, 7) is 4.35. The summed E-state index contributed by atoms with van der Waals surface area (Å²) in [7, 11) is 3.18. The molecule has 1 fully saturated rings. The highest BCUT2D eigenvalue weighted by molar-refractivity contribution is 8.15. The smallest absolute Gasteiger partial charge is 0.238 e. The average molecular weight is 552 g/mol. The van der Waals surface area contributed by atoms with Gasteiger partial charge in [-0.15, -0.1) is 0 Å². The van der Waals surface area contributed by atoms with E-state index in [1.54, 1.807) is 37.3 Å². The number of ether oxygens (including phenoxy) is 2. The molecule has 4 rings (SSSR count). The predicted molar refractivity (Wildman–Crippen MR) is 154 cm³/mol. The second kappa shape index (κ2) is 12.4. The Labute approximate surface area is 232 Å². The Balaban J connectivity index is 1.57. The summed E-state index contributed by atoms with van der Waals surface area (Å²) in [5.41, 5.74) is 4.41. The van der Waals surface area contributed by atoms with Crippen molar-refractivity contribution in [1.29, 1.82) is 0 Å². The molecule has 0 aromatic heterocycles. The minimum Gasteiger partial charge on any atom is -0.493 e. The third-order valence-corrected chi connectivity index (χ3v) is 7.60. The van der Waals surface area contributed by atoms with E-state index >= 15 is 0 Å². The number of hydrogen-bond donors (Lipinski definition) is 1. The van der Waals surface area contributed by atoms with Gasteiger partial charge >= 0.3 is 0 Å². The zero-order chi connectivity index (χ0) is 27.2. The van der Waals surface area contributed by atoms with E-state index in [1.807, 2.05) is 56.3 Å². The Morgan fingerprint density at radius 2 is 1.87 bits per heavy atom. The van der Waals surface area contributed by atoms with E-state index in [0.717, 1.165) is 22.4 Å². The number of methoxy groups -OCH3 is 2. The van der Waals surface area contributed by atoms with Crippen LogP contribution in [0.1, 0.15) is 23.1 Å². The van der Waals surface area contributed by atoms with E-state index < -0.39 is 5.25 Å². The number of thioether (sulfide) groups is 1. The van der Waals surface area contributed by atoms with Gasteiger partial charge in [0.2, 0.25) is 11.8 Å². The molecule has 1 aliphatic rings. The van der Waals surface area contributed by atoms with E-state index in [0.29, 0.717) is 40.3 Å². The minimum absolute atomic E-state index is 0.0713. The normalized spacial score (nSPS) is 16.4. The summed E-state index contributed by atoms with van der Waals surface area (Å²) in [5.74, 6) is 0.876. The molecule has 1 unspecified atom stereocenters. The molecule has 1 heterocycles. The summed E-state index contributed by atoms with van der Waals surface area (Å²) < 4.78 is 10.7. The summed E-state index contributed by atoms with van der Waals surface area (Å²) in [6, 6.07) is 18.6. The maximum atomic E-state index is 13.4. The van der Waals surface area contributed by atoms with Gasteiger partial charge in [-0.1, -0.05) is 53.2 Å². The van der Waals surface area contributed by atoms with Crippen LogP contribution < -0.4 is 14.8 Å². The molecule has 0 spiro atoms. The Morgan fingerprint density at radius 1 is 1.08 bits per heavy atom. The first kappa shape index (κ1) is 27.5. The van der Waals surface area contributed by atoms with Crippen molar-refractivity contribution in [2.24, 2.45) is 4.99 Å². The van der Waals surface area contributed by atoms with Gasteiger partial charge in [-0.05, 0) is 67.8 Å². The molecule has 1 aliphatic heterocycles. The third kappa shape index (κ3) is 6.68. The molecular weight excluding hydrogens is 522 g/mol. The van der Waals surface area contributed by atoms with Crippen molar-refractivity contribution in [1.82, 2.24) is 4.90 Å². The highest BCUT2D eigenvalue weighted by atomic mass is 35.5. The third-order valence-electron chi connectivity index (χ3n) is 6.18. The fourth-order valence-corrected chi connectivity index (χ4v) is 5.47. The van der Waals surface area contributed by atoms with Gasteiger partial charge in [0.25, 0.3) is 0 Å². The second-order valence-corrected chi connectivity index (χ2v) is 10.6. The van der Waals surface area contributed by atoms with Crippen molar-refractivity contribution in [2.75, 3.05) is 26.1 Å². The predicted octanol–water partition coefficient (Wildman–Crippen LogP) is 6.18. The topological polar surface area (TPSA) is 80.2 Å². The highest BCUT2D eigenvalue weighted by Gasteiger charge is 2.36. The van der Waals surface area contributed by atoms with Crippen LogP contribution in [0.2, 0.25) is 5.02 Å². The van der Waals surface area contributed by atoms with Crippen molar-refractivity contribution in [3.8, 4) is 11.5 Å². The lowest BCUT2D eigenvalue weighted by atomic mass is 10.1. The van der Waals surface area contributed by atoms with Crippen LogP contribution >= 0.6 is 23.4 Å². The lowest BCUT2D eigenvalue weighted by Crippen LogP contribution is -2.46. The number of aryl methyl sites for hydroxylation is 2. The Bertz CT molecular complexity index is 1380. The fraction of sp³-hybridized carbons (Fsp3) is 0.276. The van der Waals surface area contributed by atoms with Crippen LogP contribution in [-0.2, 0) is 16.0 Å².